The van der Waals surface area contributed by atoms with Crippen LogP contribution in [0, 0.1) is 0 Å². The number of fused-ring (bicyclic) bond motifs is 1. The predicted molar refractivity (Wildman–Crippen MR) is 115 cm³/mol. The average Bonchev–Trinajstić information content (AvgIpc) is 3.04. The summed E-state index contributed by atoms with van der Waals surface area (Å²) in [7, 11) is 0. The Morgan fingerprint density at radius 2 is 1.60 bits per heavy atom. The van der Waals surface area contributed by atoms with Gasteiger partial charge in [-0.25, -0.2) is 14.8 Å². The molecular weight excluding hydrogens is 380 g/mol. The van der Waals surface area contributed by atoms with Crippen molar-refractivity contribution in [2.24, 2.45) is 0 Å². The van der Waals surface area contributed by atoms with E-state index in [0.29, 0.717) is 19.6 Å². The van der Waals surface area contributed by atoms with E-state index in [-0.39, 0.29) is 6.61 Å². The molecule has 154 valence electrons. The fraction of sp³-hybridized carbons (Fsp3) is 0.304. The zero-order valence-electron chi connectivity index (χ0n) is 17.0. The Hall–Kier alpha value is -3.48. The van der Waals surface area contributed by atoms with Crippen molar-refractivity contribution in [2.45, 2.75) is 13.3 Å². The molecule has 7 nitrogen and oxygen atoms in total. The van der Waals surface area contributed by atoms with Crippen LogP contribution < -0.4 is 4.90 Å². The molecule has 0 bridgehead atoms. The van der Waals surface area contributed by atoms with E-state index < -0.39 is 11.9 Å². The molecule has 0 aliphatic carbocycles. The topological polar surface area (TPSA) is 75.6 Å². The summed E-state index contributed by atoms with van der Waals surface area (Å²) in [5, 5.41) is 0. The maximum Gasteiger partial charge on any atom is 0.397 e. The molecule has 1 amide bonds. The van der Waals surface area contributed by atoms with Crippen LogP contribution in [0.4, 0.5) is 5.82 Å². The monoisotopic (exact) mass is 404 g/mol. The van der Waals surface area contributed by atoms with Gasteiger partial charge in [0.1, 0.15) is 5.69 Å². The molecule has 0 spiro atoms. The van der Waals surface area contributed by atoms with Crippen LogP contribution in [0.1, 0.15) is 13.3 Å². The first-order valence-corrected chi connectivity index (χ1v) is 10.2. The number of hydrogen-bond acceptors (Lipinski definition) is 6. The highest BCUT2D eigenvalue weighted by molar-refractivity contribution is 6.32. The number of esters is 1. The van der Waals surface area contributed by atoms with Crippen LogP contribution in [0.3, 0.4) is 0 Å². The zero-order valence-corrected chi connectivity index (χ0v) is 17.0. The average molecular weight is 404 g/mol. The summed E-state index contributed by atoms with van der Waals surface area (Å²) in [6.45, 7) is 4.12. The lowest BCUT2D eigenvalue weighted by Gasteiger charge is -2.24. The maximum atomic E-state index is 12.4. The standard InChI is InChI=1S/C23H24N4O3/c1-2-30-23(29)22(28)27-14-8-13-26(15-16-27)21-20(17-9-4-3-5-10-17)24-18-11-6-7-12-19(18)25-21/h3-7,9-12H,2,8,13-16H2,1H3. The summed E-state index contributed by atoms with van der Waals surface area (Å²) >= 11 is 0. The second-order valence-electron chi connectivity index (χ2n) is 7.10. The Morgan fingerprint density at radius 1 is 0.900 bits per heavy atom. The highest BCUT2D eigenvalue weighted by atomic mass is 16.5. The first kappa shape index (κ1) is 19.8. The minimum absolute atomic E-state index is 0.192. The lowest BCUT2D eigenvalue weighted by molar-refractivity contribution is -0.159. The Balaban J connectivity index is 1.65. The Bertz CT molecular complexity index is 1050. The third-order valence-electron chi connectivity index (χ3n) is 5.13. The Morgan fingerprint density at radius 3 is 2.33 bits per heavy atom. The fourth-order valence-electron chi connectivity index (χ4n) is 3.66. The summed E-state index contributed by atoms with van der Waals surface area (Å²) in [6, 6.07) is 17.8. The molecule has 1 aliphatic rings. The Kier molecular flexibility index (Phi) is 5.88. The molecule has 3 aromatic rings. The minimum atomic E-state index is -0.790. The van der Waals surface area contributed by atoms with Gasteiger partial charge in [0.25, 0.3) is 0 Å². The molecule has 0 N–H and O–H groups in total. The van der Waals surface area contributed by atoms with Gasteiger partial charge in [-0.05, 0) is 25.5 Å². The molecule has 0 radical (unpaired) electrons. The van der Waals surface area contributed by atoms with E-state index in [4.69, 9.17) is 14.7 Å². The number of ether oxygens (including phenoxy) is 1. The van der Waals surface area contributed by atoms with Gasteiger partial charge in [-0.15, -0.1) is 0 Å². The molecule has 30 heavy (non-hydrogen) atoms. The number of amides is 1. The molecule has 1 aromatic heterocycles. The third kappa shape index (κ3) is 4.10. The highest BCUT2D eigenvalue weighted by Crippen LogP contribution is 2.30. The SMILES string of the molecule is CCOC(=O)C(=O)N1CCCN(c2nc3ccccc3nc2-c2ccccc2)CC1. The van der Waals surface area contributed by atoms with E-state index >= 15 is 0 Å². The third-order valence-corrected chi connectivity index (χ3v) is 5.13. The second kappa shape index (κ2) is 8.90. The van der Waals surface area contributed by atoms with Gasteiger partial charge in [0.05, 0.1) is 17.6 Å². The molecule has 7 heteroatoms. The van der Waals surface area contributed by atoms with Crippen LogP contribution >= 0.6 is 0 Å². The van der Waals surface area contributed by atoms with E-state index in [1.165, 1.54) is 0 Å². The molecule has 2 aromatic carbocycles. The van der Waals surface area contributed by atoms with Crippen LogP contribution in [-0.4, -0.2) is 59.5 Å². The number of benzene rings is 2. The first-order valence-electron chi connectivity index (χ1n) is 10.2. The number of carbonyl (C=O) groups excluding carboxylic acids is 2. The van der Waals surface area contributed by atoms with Crippen LogP contribution in [-0.2, 0) is 14.3 Å². The number of aromatic nitrogens is 2. The van der Waals surface area contributed by atoms with Gasteiger partial charge in [0.2, 0.25) is 0 Å². The number of nitrogens with zero attached hydrogens (tertiary/aromatic N) is 4. The van der Waals surface area contributed by atoms with Crippen molar-refractivity contribution < 1.29 is 14.3 Å². The van der Waals surface area contributed by atoms with Crippen molar-refractivity contribution in [1.29, 1.82) is 0 Å². The molecule has 1 saturated heterocycles. The summed E-state index contributed by atoms with van der Waals surface area (Å²) in [4.78, 5) is 37.7. The predicted octanol–water partition coefficient (Wildman–Crippen LogP) is 2.90. The lowest BCUT2D eigenvalue weighted by atomic mass is 10.1. The molecular formula is C23H24N4O3. The Labute approximate surface area is 175 Å². The normalized spacial score (nSPS) is 14.4. The summed E-state index contributed by atoms with van der Waals surface area (Å²) in [6.07, 6.45) is 0.730. The van der Waals surface area contributed by atoms with Gasteiger partial charge < -0.3 is 14.5 Å². The molecule has 1 fully saturated rings. The van der Waals surface area contributed by atoms with E-state index in [1.807, 2.05) is 54.6 Å². The zero-order chi connectivity index (χ0) is 20.9. The summed E-state index contributed by atoms with van der Waals surface area (Å²) in [5.41, 5.74) is 3.49. The number of anilines is 1. The minimum Gasteiger partial charge on any atom is -0.459 e. The van der Waals surface area contributed by atoms with E-state index in [1.54, 1.807) is 11.8 Å². The van der Waals surface area contributed by atoms with Crippen LogP contribution in [0.5, 0.6) is 0 Å². The van der Waals surface area contributed by atoms with Crippen LogP contribution in [0.15, 0.2) is 54.6 Å². The van der Waals surface area contributed by atoms with Gasteiger partial charge in [-0.1, -0.05) is 42.5 Å². The molecule has 0 atom stereocenters. The lowest BCUT2D eigenvalue weighted by Crippen LogP contribution is -2.40. The van der Waals surface area contributed by atoms with Crippen molar-refractivity contribution in [3.63, 3.8) is 0 Å². The van der Waals surface area contributed by atoms with Crippen LogP contribution in [0.25, 0.3) is 22.3 Å². The van der Waals surface area contributed by atoms with Gasteiger partial charge >= 0.3 is 11.9 Å². The van der Waals surface area contributed by atoms with Crippen molar-refractivity contribution in [2.75, 3.05) is 37.7 Å². The van der Waals surface area contributed by atoms with E-state index in [2.05, 4.69) is 4.90 Å². The van der Waals surface area contributed by atoms with Gasteiger partial charge in [0.15, 0.2) is 5.82 Å². The number of carbonyl (C=O) groups is 2. The first-order chi connectivity index (χ1) is 14.7. The molecule has 1 aliphatic heterocycles. The summed E-state index contributed by atoms with van der Waals surface area (Å²) < 4.78 is 4.87. The van der Waals surface area contributed by atoms with Crippen molar-refractivity contribution in [3.8, 4) is 11.3 Å². The molecule has 0 unspecified atom stereocenters. The van der Waals surface area contributed by atoms with Gasteiger partial charge in [0, 0.05) is 31.7 Å². The number of hydrogen-bond donors (Lipinski definition) is 0. The van der Waals surface area contributed by atoms with E-state index in [9.17, 15) is 9.59 Å². The van der Waals surface area contributed by atoms with Crippen molar-refractivity contribution >= 4 is 28.7 Å². The van der Waals surface area contributed by atoms with E-state index in [0.717, 1.165) is 41.1 Å². The summed E-state index contributed by atoms with van der Waals surface area (Å²) in [5.74, 6) is -0.571. The molecule has 0 saturated carbocycles. The van der Waals surface area contributed by atoms with Crippen LogP contribution in [0.2, 0.25) is 0 Å². The van der Waals surface area contributed by atoms with Gasteiger partial charge in [-0.2, -0.15) is 0 Å². The fourth-order valence-corrected chi connectivity index (χ4v) is 3.66. The molecule has 4 rings (SSSR count). The van der Waals surface area contributed by atoms with Gasteiger partial charge in [-0.3, -0.25) is 4.79 Å². The largest absolute Gasteiger partial charge is 0.459 e. The van der Waals surface area contributed by atoms with Crippen molar-refractivity contribution in [3.05, 3.63) is 54.6 Å². The second-order valence-corrected chi connectivity index (χ2v) is 7.10. The molecule has 2 heterocycles. The maximum absolute atomic E-state index is 12.4. The number of rotatable bonds is 3. The quantitative estimate of drug-likeness (QED) is 0.494. The smallest absolute Gasteiger partial charge is 0.397 e. The van der Waals surface area contributed by atoms with Crippen molar-refractivity contribution in [1.82, 2.24) is 14.9 Å². The number of para-hydroxylation sites is 2. The highest BCUT2D eigenvalue weighted by Gasteiger charge is 2.27.